The van der Waals surface area contributed by atoms with Crippen LogP contribution in [0.15, 0.2) is 24.3 Å². The Labute approximate surface area is 90.3 Å². The van der Waals surface area contributed by atoms with Crippen molar-refractivity contribution in [2.75, 3.05) is 24.6 Å². The van der Waals surface area contributed by atoms with Gasteiger partial charge in [-0.3, -0.25) is 0 Å². The molecule has 1 heterocycles. The Morgan fingerprint density at radius 2 is 2.00 bits per heavy atom. The van der Waals surface area contributed by atoms with Crippen molar-refractivity contribution in [1.29, 1.82) is 0 Å². The molecule has 0 aromatic heterocycles. The molecule has 2 unspecified atom stereocenters. The van der Waals surface area contributed by atoms with E-state index in [1.165, 1.54) is 5.56 Å². The Morgan fingerprint density at radius 3 is 2.64 bits per heavy atom. The molecular weight excluding hydrogens is 192 g/mol. The fraction of sp³-hybridized carbons (Fsp3) is 0.455. The average molecular weight is 208 g/mol. The summed E-state index contributed by atoms with van der Waals surface area (Å²) >= 11 is 4.38. The highest BCUT2D eigenvalue weighted by Crippen LogP contribution is 2.29. The fourth-order valence-electron chi connectivity index (χ4n) is 2.06. The van der Waals surface area contributed by atoms with Crippen LogP contribution in [-0.4, -0.2) is 18.8 Å². The molecule has 1 saturated heterocycles. The third-order valence-corrected chi connectivity index (χ3v) is 3.41. The summed E-state index contributed by atoms with van der Waals surface area (Å²) < 4.78 is 0. The summed E-state index contributed by atoms with van der Waals surface area (Å²) in [5.41, 5.74) is 7.88. The highest BCUT2D eigenvalue weighted by molar-refractivity contribution is 7.80. The van der Waals surface area contributed by atoms with E-state index in [-0.39, 0.29) is 0 Å². The number of hydrogen-bond donors (Lipinski definition) is 3. The van der Waals surface area contributed by atoms with Crippen LogP contribution in [0.3, 0.4) is 0 Å². The summed E-state index contributed by atoms with van der Waals surface area (Å²) in [4.78, 5) is 0. The summed E-state index contributed by atoms with van der Waals surface area (Å²) in [5, 5.41) is 3.41. The van der Waals surface area contributed by atoms with Gasteiger partial charge in [-0.2, -0.15) is 12.6 Å². The van der Waals surface area contributed by atoms with Gasteiger partial charge in [0.1, 0.15) is 0 Å². The van der Waals surface area contributed by atoms with Crippen molar-refractivity contribution in [2.24, 2.45) is 5.92 Å². The predicted molar refractivity (Wildman–Crippen MR) is 63.8 cm³/mol. The normalized spacial score (nSPS) is 26.6. The van der Waals surface area contributed by atoms with E-state index in [0.717, 1.165) is 24.5 Å². The number of benzene rings is 1. The van der Waals surface area contributed by atoms with E-state index < -0.39 is 0 Å². The first-order valence-corrected chi connectivity index (χ1v) is 5.61. The standard InChI is InChI=1S/C11H16N2S/c12-10-3-1-8(2-4-10)11-6-13-5-9(11)7-14/h1-4,9,11,13-14H,5-7,12H2. The molecule has 1 aliphatic rings. The third kappa shape index (κ3) is 1.88. The minimum Gasteiger partial charge on any atom is -0.399 e. The van der Waals surface area contributed by atoms with Gasteiger partial charge in [0.2, 0.25) is 0 Å². The van der Waals surface area contributed by atoms with Crippen LogP contribution in [0.2, 0.25) is 0 Å². The second-order valence-electron chi connectivity index (χ2n) is 3.87. The maximum absolute atomic E-state index is 5.66. The zero-order valence-electron chi connectivity index (χ0n) is 8.11. The summed E-state index contributed by atoms with van der Waals surface area (Å²) in [5.74, 6) is 2.21. The van der Waals surface area contributed by atoms with Crippen LogP contribution in [0.5, 0.6) is 0 Å². The molecule has 76 valence electrons. The lowest BCUT2D eigenvalue weighted by molar-refractivity contribution is 0.583. The van der Waals surface area contributed by atoms with Gasteiger partial charge in [-0.25, -0.2) is 0 Å². The minimum absolute atomic E-state index is 0.605. The molecule has 3 N–H and O–H groups in total. The average Bonchev–Trinajstić information content (AvgIpc) is 2.67. The molecule has 3 heteroatoms. The molecular formula is C11H16N2S. The number of hydrogen-bond acceptors (Lipinski definition) is 3. The van der Waals surface area contributed by atoms with Gasteiger partial charge in [0.05, 0.1) is 0 Å². The summed E-state index contributed by atoms with van der Waals surface area (Å²) in [6.45, 7) is 2.15. The van der Waals surface area contributed by atoms with Gasteiger partial charge in [0.25, 0.3) is 0 Å². The Bertz CT molecular complexity index is 297. The third-order valence-electron chi connectivity index (χ3n) is 2.94. The molecule has 1 aromatic rings. The maximum atomic E-state index is 5.66. The van der Waals surface area contributed by atoms with E-state index >= 15 is 0 Å². The van der Waals surface area contributed by atoms with Crippen LogP contribution in [0.1, 0.15) is 11.5 Å². The Kier molecular flexibility index (Phi) is 2.99. The highest BCUT2D eigenvalue weighted by Gasteiger charge is 2.26. The smallest absolute Gasteiger partial charge is 0.0314 e. The van der Waals surface area contributed by atoms with E-state index in [2.05, 4.69) is 30.1 Å². The minimum atomic E-state index is 0.605. The second-order valence-corrected chi connectivity index (χ2v) is 4.24. The zero-order chi connectivity index (χ0) is 9.97. The predicted octanol–water partition coefficient (Wildman–Crippen LogP) is 1.50. The van der Waals surface area contributed by atoms with Gasteiger partial charge in [0, 0.05) is 18.2 Å². The van der Waals surface area contributed by atoms with Crippen LogP contribution < -0.4 is 11.1 Å². The molecule has 0 saturated carbocycles. The molecule has 2 atom stereocenters. The van der Waals surface area contributed by atoms with E-state index in [9.17, 15) is 0 Å². The Hall–Kier alpha value is -0.670. The topological polar surface area (TPSA) is 38.0 Å². The lowest BCUT2D eigenvalue weighted by atomic mass is 9.90. The van der Waals surface area contributed by atoms with E-state index in [4.69, 9.17) is 5.73 Å². The van der Waals surface area contributed by atoms with E-state index in [1.54, 1.807) is 0 Å². The van der Waals surface area contributed by atoms with Crippen molar-refractivity contribution < 1.29 is 0 Å². The number of nitrogens with one attached hydrogen (secondary N) is 1. The van der Waals surface area contributed by atoms with Gasteiger partial charge in [-0.1, -0.05) is 12.1 Å². The zero-order valence-corrected chi connectivity index (χ0v) is 9.00. The molecule has 2 rings (SSSR count). The summed E-state index contributed by atoms with van der Waals surface area (Å²) in [6, 6.07) is 8.21. The number of rotatable bonds is 2. The van der Waals surface area contributed by atoms with Crippen LogP contribution in [0.4, 0.5) is 5.69 Å². The number of nitrogens with two attached hydrogens (primary N) is 1. The van der Waals surface area contributed by atoms with E-state index in [0.29, 0.717) is 11.8 Å². The Balaban J connectivity index is 2.17. The molecule has 1 aromatic carbocycles. The fourth-order valence-corrected chi connectivity index (χ4v) is 2.44. The van der Waals surface area contributed by atoms with Gasteiger partial charge in [0.15, 0.2) is 0 Å². The maximum Gasteiger partial charge on any atom is 0.0314 e. The molecule has 1 aliphatic heterocycles. The van der Waals surface area contributed by atoms with Gasteiger partial charge >= 0.3 is 0 Å². The van der Waals surface area contributed by atoms with Crippen molar-refractivity contribution in [1.82, 2.24) is 5.32 Å². The molecule has 0 bridgehead atoms. The summed E-state index contributed by atoms with van der Waals surface area (Å²) in [6.07, 6.45) is 0. The van der Waals surface area contributed by atoms with Crippen molar-refractivity contribution in [3.63, 3.8) is 0 Å². The quantitative estimate of drug-likeness (QED) is 0.509. The van der Waals surface area contributed by atoms with Gasteiger partial charge in [-0.15, -0.1) is 0 Å². The largest absolute Gasteiger partial charge is 0.399 e. The lowest BCUT2D eigenvalue weighted by Gasteiger charge is -2.16. The Morgan fingerprint density at radius 1 is 1.29 bits per heavy atom. The second kappa shape index (κ2) is 4.24. The van der Waals surface area contributed by atoms with Crippen molar-refractivity contribution >= 4 is 18.3 Å². The van der Waals surface area contributed by atoms with E-state index in [1.807, 2.05) is 12.1 Å². The molecule has 2 nitrogen and oxygen atoms in total. The van der Waals surface area contributed by atoms with Crippen molar-refractivity contribution in [3.8, 4) is 0 Å². The molecule has 0 radical (unpaired) electrons. The van der Waals surface area contributed by atoms with Crippen molar-refractivity contribution in [2.45, 2.75) is 5.92 Å². The van der Waals surface area contributed by atoms with Crippen LogP contribution in [0, 0.1) is 5.92 Å². The summed E-state index contributed by atoms with van der Waals surface area (Å²) in [7, 11) is 0. The van der Waals surface area contributed by atoms with Gasteiger partial charge < -0.3 is 11.1 Å². The van der Waals surface area contributed by atoms with Crippen LogP contribution >= 0.6 is 12.6 Å². The molecule has 0 spiro atoms. The molecule has 1 fully saturated rings. The lowest BCUT2D eigenvalue weighted by Crippen LogP contribution is -2.12. The van der Waals surface area contributed by atoms with Crippen LogP contribution in [0.25, 0.3) is 0 Å². The SMILES string of the molecule is Nc1ccc(C2CNCC2CS)cc1. The molecule has 0 aliphatic carbocycles. The molecule has 14 heavy (non-hydrogen) atoms. The first-order chi connectivity index (χ1) is 6.81. The van der Waals surface area contributed by atoms with Gasteiger partial charge in [-0.05, 0) is 35.9 Å². The number of thiol groups is 1. The number of nitrogen functional groups attached to an aromatic ring is 1. The monoisotopic (exact) mass is 208 g/mol. The van der Waals surface area contributed by atoms with Crippen molar-refractivity contribution in [3.05, 3.63) is 29.8 Å². The molecule has 0 amide bonds. The highest BCUT2D eigenvalue weighted by atomic mass is 32.1. The first kappa shape index (κ1) is 9.87. The van der Waals surface area contributed by atoms with Crippen LogP contribution in [-0.2, 0) is 0 Å². The number of anilines is 1. The first-order valence-electron chi connectivity index (χ1n) is 4.98.